The van der Waals surface area contributed by atoms with E-state index in [9.17, 15) is 9.90 Å². The summed E-state index contributed by atoms with van der Waals surface area (Å²) >= 11 is 17.7. The zero-order chi connectivity index (χ0) is 18.6. The summed E-state index contributed by atoms with van der Waals surface area (Å²) < 4.78 is 10.5. The fraction of sp³-hybridized carbons (Fsp3) is 0.133. The molecule has 0 spiro atoms. The Morgan fingerprint density at radius 2 is 1.96 bits per heavy atom. The van der Waals surface area contributed by atoms with Crippen molar-refractivity contribution < 1.29 is 19.4 Å². The highest BCUT2D eigenvalue weighted by Gasteiger charge is 2.17. The molecule has 1 aromatic carbocycles. The predicted octanol–water partition coefficient (Wildman–Crippen LogP) is 2.87. The number of ether oxygens (including phenoxy) is 2. The number of carbonyl (C=O) groups is 1. The van der Waals surface area contributed by atoms with Crippen molar-refractivity contribution in [1.82, 2.24) is 4.98 Å². The monoisotopic (exact) mass is 402 g/mol. The maximum atomic E-state index is 11.0. The molecule has 1 heterocycles. The Morgan fingerprint density at radius 1 is 1.24 bits per heavy atom. The van der Waals surface area contributed by atoms with Crippen LogP contribution in [0, 0.1) is 0 Å². The quantitative estimate of drug-likeness (QED) is 0.453. The van der Waals surface area contributed by atoms with E-state index in [2.05, 4.69) is 15.5 Å². The number of halogens is 3. The van der Waals surface area contributed by atoms with Crippen LogP contribution in [0.1, 0.15) is 16.1 Å². The molecular formula is C15H11Cl3N3O4-. The number of aromatic carboxylic acids is 1. The van der Waals surface area contributed by atoms with Gasteiger partial charge in [-0.05, 0) is 12.1 Å². The minimum absolute atomic E-state index is 0.0133. The van der Waals surface area contributed by atoms with E-state index in [1.165, 1.54) is 20.4 Å². The van der Waals surface area contributed by atoms with Crippen molar-refractivity contribution in [3.8, 4) is 11.5 Å². The number of para-hydroxylation sites is 1. The smallest absolute Gasteiger partial charge is 0.169 e. The Morgan fingerprint density at radius 3 is 2.56 bits per heavy atom. The average molecular weight is 404 g/mol. The number of rotatable bonds is 6. The fourth-order valence-electron chi connectivity index (χ4n) is 1.93. The van der Waals surface area contributed by atoms with Gasteiger partial charge >= 0.3 is 0 Å². The van der Waals surface area contributed by atoms with Crippen LogP contribution in [-0.4, -0.2) is 31.4 Å². The van der Waals surface area contributed by atoms with Crippen molar-refractivity contribution in [3.05, 3.63) is 44.7 Å². The van der Waals surface area contributed by atoms with E-state index in [4.69, 9.17) is 44.3 Å². The molecule has 1 N–H and O–H groups in total. The predicted molar refractivity (Wildman–Crippen MR) is 94.4 cm³/mol. The number of carbonyl (C=O) groups excluding carboxylic acids is 1. The van der Waals surface area contributed by atoms with Gasteiger partial charge in [0.15, 0.2) is 16.7 Å². The van der Waals surface area contributed by atoms with Crippen LogP contribution in [0.4, 0.5) is 5.69 Å². The van der Waals surface area contributed by atoms with Gasteiger partial charge in [-0.2, -0.15) is 5.10 Å². The lowest BCUT2D eigenvalue weighted by Gasteiger charge is -2.12. The van der Waals surface area contributed by atoms with Gasteiger partial charge in [0.05, 0.1) is 37.1 Å². The summed E-state index contributed by atoms with van der Waals surface area (Å²) in [6.07, 6.45) is 1.42. The summed E-state index contributed by atoms with van der Waals surface area (Å²) in [4.78, 5) is 14.6. The molecule has 1 aromatic heterocycles. The van der Waals surface area contributed by atoms with Gasteiger partial charge in [-0.1, -0.05) is 40.9 Å². The van der Waals surface area contributed by atoms with Gasteiger partial charge in [0, 0.05) is 5.56 Å². The molecule has 0 radical (unpaired) electrons. The van der Waals surface area contributed by atoms with Crippen molar-refractivity contribution in [2.45, 2.75) is 0 Å². The summed E-state index contributed by atoms with van der Waals surface area (Å²) in [5.74, 6) is -0.602. The second-order valence-corrected chi connectivity index (χ2v) is 5.61. The Labute approximate surface area is 158 Å². The summed E-state index contributed by atoms with van der Waals surface area (Å²) in [6.45, 7) is 0. The number of nitrogens with one attached hydrogen (secondary N) is 1. The molecule has 0 bridgehead atoms. The van der Waals surface area contributed by atoms with Gasteiger partial charge in [-0.25, -0.2) is 4.98 Å². The lowest BCUT2D eigenvalue weighted by atomic mass is 10.2. The van der Waals surface area contributed by atoms with E-state index < -0.39 is 11.7 Å². The highest BCUT2D eigenvalue weighted by Crippen LogP contribution is 2.36. The van der Waals surface area contributed by atoms with Crippen LogP contribution in [0.2, 0.25) is 15.2 Å². The molecular weight excluding hydrogens is 393 g/mol. The van der Waals surface area contributed by atoms with Crippen molar-refractivity contribution in [2.75, 3.05) is 19.6 Å². The number of nitrogens with zero attached hydrogens (tertiary/aromatic N) is 2. The number of carboxylic acid groups (broad SMARTS) is 1. The molecule has 2 aromatic rings. The van der Waals surface area contributed by atoms with Gasteiger partial charge in [0.25, 0.3) is 0 Å². The van der Waals surface area contributed by atoms with E-state index in [-0.39, 0.29) is 20.9 Å². The number of hydrazone groups is 1. The van der Waals surface area contributed by atoms with Crippen LogP contribution in [0.5, 0.6) is 11.5 Å². The number of aromatic nitrogens is 1. The van der Waals surface area contributed by atoms with Crippen LogP contribution in [-0.2, 0) is 0 Å². The molecule has 0 saturated heterocycles. The number of anilines is 1. The van der Waals surface area contributed by atoms with Crippen molar-refractivity contribution >= 4 is 52.7 Å². The molecule has 0 fully saturated rings. The van der Waals surface area contributed by atoms with E-state index in [1.807, 2.05) is 0 Å². The standard InChI is InChI=1S/C15H12Cl3N3O4/c1-24-8-5-3-4-7(13(8)25-2)6-19-21-11-9(16)12(15(22)23)20-14(18)10(11)17/h3-6H,1-2H3,(H,20,21)(H,22,23)/p-1/b19-6-. The topological polar surface area (TPSA) is 95.9 Å². The highest BCUT2D eigenvalue weighted by atomic mass is 35.5. The molecule has 0 aliphatic rings. The van der Waals surface area contributed by atoms with E-state index >= 15 is 0 Å². The molecule has 0 aliphatic carbocycles. The molecule has 0 saturated carbocycles. The third-order valence-corrected chi connectivity index (χ3v) is 4.15. The maximum Gasteiger partial charge on any atom is 0.169 e. The summed E-state index contributed by atoms with van der Waals surface area (Å²) in [6, 6.07) is 5.22. The number of methoxy groups -OCH3 is 2. The van der Waals surface area contributed by atoms with Crippen molar-refractivity contribution in [1.29, 1.82) is 0 Å². The summed E-state index contributed by atoms with van der Waals surface area (Å²) in [5, 5.41) is 14.4. The molecule has 2 rings (SSSR count). The first-order valence-electron chi connectivity index (χ1n) is 6.66. The molecule has 25 heavy (non-hydrogen) atoms. The van der Waals surface area contributed by atoms with Crippen LogP contribution >= 0.6 is 34.8 Å². The minimum Gasteiger partial charge on any atom is -0.543 e. The molecule has 0 unspecified atom stereocenters. The SMILES string of the molecule is COc1cccc(/C=N\Nc2c(Cl)c(Cl)nc(C(=O)[O-])c2Cl)c1OC. The third kappa shape index (κ3) is 4.07. The lowest BCUT2D eigenvalue weighted by molar-refractivity contribution is -0.255. The van der Waals surface area contributed by atoms with E-state index in [0.29, 0.717) is 17.1 Å². The van der Waals surface area contributed by atoms with Crippen LogP contribution in [0.15, 0.2) is 23.3 Å². The highest BCUT2D eigenvalue weighted by molar-refractivity contribution is 6.46. The number of hydrogen-bond donors (Lipinski definition) is 1. The molecule has 7 nitrogen and oxygen atoms in total. The maximum absolute atomic E-state index is 11.0. The normalized spacial score (nSPS) is 10.8. The van der Waals surface area contributed by atoms with Crippen LogP contribution in [0.25, 0.3) is 0 Å². The summed E-state index contributed by atoms with van der Waals surface area (Å²) in [7, 11) is 3.00. The fourth-order valence-corrected chi connectivity index (χ4v) is 2.59. The number of carboxylic acids is 1. The Balaban J connectivity index is 2.37. The molecule has 10 heteroatoms. The first kappa shape index (κ1) is 19.1. The number of pyridine rings is 1. The first-order chi connectivity index (χ1) is 11.9. The molecule has 0 aliphatic heterocycles. The van der Waals surface area contributed by atoms with E-state index in [1.54, 1.807) is 18.2 Å². The largest absolute Gasteiger partial charge is 0.543 e. The molecule has 0 atom stereocenters. The van der Waals surface area contributed by atoms with Gasteiger partial charge in [-0.15, -0.1) is 0 Å². The van der Waals surface area contributed by atoms with Crippen LogP contribution in [0.3, 0.4) is 0 Å². The van der Waals surface area contributed by atoms with Gasteiger partial charge < -0.3 is 19.4 Å². The third-order valence-electron chi connectivity index (χ3n) is 3.04. The second kappa shape index (κ2) is 8.24. The van der Waals surface area contributed by atoms with E-state index in [0.717, 1.165) is 0 Å². The summed E-state index contributed by atoms with van der Waals surface area (Å²) in [5.41, 5.74) is 2.59. The average Bonchev–Trinajstić information content (AvgIpc) is 2.60. The lowest BCUT2D eigenvalue weighted by Crippen LogP contribution is -2.24. The zero-order valence-corrected chi connectivity index (χ0v) is 15.2. The molecule has 132 valence electrons. The zero-order valence-electron chi connectivity index (χ0n) is 13.0. The van der Waals surface area contributed by atoms with Gasteiger partial charge in [-0.3, -0.25) is 5.43 Å². The Hall–Kier alpha value is -2.22. The Bertz CT molecular complexity index is 843. The number of hydrogen-bond acceptors (Lipinski definition) is 7. The second-order valence-electron chi connectivity index (χ2n) is 4.49. The van der Waals surface area contributed by atoms with Gasteiger partial charge in [0.2, 0.25) is 0 Å². The molecule has 0 amide bonds. The first-order valence-corrected chi connectivity index (χ1v) is 7.80. The van der Waals surface area contributed by atoms with Crippen LogP contribution < -0.4 is 20.0 Å². The van der Waals surface area contributed by atoms with Crippen molar-refractivity contribution in [2.24, 2.45) is 5.10 Å². The van der Waals surface area contributed by atoms with Crippen molar-refractivity contribution in [3.63, 3.8) is 0 Å². The minimum atomic E-state index is -1.59. The Kier molecular flexibility index (Phi) is 6.30. The number of benzene rings is 1. The van der Waals surface area contributed by atoms with Gasteiger partial charge in [0.1, 0.15) is 10.7 Å².